The average molecular weight is 394 g/mol. The molecule has 0 atom stereocenters. The van der Waals surface area contributed by atoms with E-state index in [9.17, 15) is 0 Å². The van der Waals surface area contributed by atoms with Gasteiger partial charge in [0.2, 0.25) is 5.95 Å². The lowest BCUT2D eigenvalue weighted by Gasteiger charge is -2.60. The lowest BCUT2D eigenvalue weighted by molar-refractivity contribution is 0.153. The molecule has 1 aromatic carbocycles. The molecule has 8 heteroatoms. The Hall–Kier alpha value is -2.64. The highest BCUT2D eigenvalue weighted by Crippen LogP contribution is 2.43. The highest BCUT2D eigenvalue weighted by Gasteiger charge is 2.53. The van der Waals surface area contributed by atoms with E-state index in [0.29, 0.717) is 12.0 Å². The normalized spacial score (nSPS) is 19.5. The van der Waals surface area contributed by atoms with Crippen molar-refractivity contribution in [2.24, 2.45) is 5.41 Å². The van der Waals surface area contributed by atoms with Gasteiger partial charge in [-0.15, -0.1) is 10.2 Å². The number of hydrogen-bond donors (Lipinski definition) is 1. The zero-order valence-corrected chi connectivity index (χ0v) is 16.1. The summed E-state index contributed by atoms with van der Waals surface area (Å²) in [7, 11) is 0. The summed E-state index contributed by atoms with van der Waals surface area (Å²) in [5.41, 5.74) is 2.64. The molecule has 2 aromatic heterocycles. The van der Waals surface area contributed by atoms with Crippen LogP contribution in [-0.2, 0) is 13.1 Å². The van der Waals surface area contributed by atoms with Gasteiger partial charge in [0.05, 0.1) is 12.2 Å². The third-order valence-corrected chi connectivity index (χ3v) is 6.19. The quantitative estimate of drug-likeness (QED) is 0.720. The van der Waals surface area contributed by atoms with Crippen LogP contribution < -0.4 is 15.1 Å². The Bertz CT molecular complexity index is 1030. The van der Waals surface area contributed by atoms with Crippen molar-refractivity contribution in [3.05, 3.63) is 59.0 Å². The van der Waals surface area contributed by atoms with Crippen LogP contribution in [0.15, 0.2) is 42.6 Å². The first kappa shape index (κ1) is 16.3. The zero-order chi connectivity index (χ0) is 18.7. The smallest absolute Gasteiger partial charge is 0.231 e. The number of fused-ring (bicyclic) bond motifs is 3. The summed E-state index contributed by atoms with van der Waals surface area (Å²) in [5.74, 6) is 2.95. The predicted molar refractivity (Wildman–Crippen MR) is 108 cm³/mol. The molecule has 1 N–H and O–H groups in total. The lowest BCUT2D eigenvalue weighted by atomic mass is 9.73. The van der Waals surface area contributed by atoms with E-state index in [1.54, 1.807) is 0 Å². The van der Waals surface area contributed by atoms with Gasteiger partial charge in [0.25, 0.3) is 0 Å². The van der Waals surface area contributed by atoms with Gasteiger partial charge in [-0.05, 0) is 35.9 Å². The van der Waals surface area contributed by atoms with Gasteiger partial charge >= 0.3 is 0 Å². The van der Waals surface area contributed by atoms with Crippen molar-refractivity contribution in [3.63, 3.8) is 0 Å². The minimum atomic E-state index is 0.343. The van der Waals surface area contributed by atoms with Gasteiger partial charge in [-0.3, -0.25) is 4.57 Å². The molecule has 3 aliphatic heterocycles. The molecule has 0 aliphatic carbocycles. The number of anilines is 2. The van der Waals surface area contributed by atoms with Crippen LogP contribution >= 0.6 is 11.6 Å². The minimum Gasteiger partial charge on any atom is -0.355 e. The second-order valence-corrected chi connectivity index (χ2v) is 8.46. The maximum Gasteiger partial charge on any atom is 0.231 e. The zero-order valence-electron chi connectivity index (χ0n) is 15.3. The molecule has 0 saturated carbocycles. The summed E-state index contributed by atoms with van der Waals surface area (Å²) in [4.78, 5) is 9.16. The second-order valence-electron chi connectivity index (χ2n) is 8.03. The van der Waals surface area contributed by atoms with Gasteiger partial charge in [0, 0.05) is 49.4 Å². The Morgan fingerprint density at radius 1 is 0.964 bits per heavy atom. The Labute approximate surface area is 168 Å². The van der Waals surface area contributed by atoms with E-state index in [1.165, 1.54) is 5.56 Å². The number of nitrogens with zero attached hydrogens (tertiary/aromatic N) is 6. The largest absolute Gasteiger partial charge is 0.355 e. The van der Waals surface area contributed by atoms with Crippen molar-refractivity contribution >= 4 is 23.4 Å². The molecule has 142 valence electrons. The SMILES string of the molecule is Clc1ccc2c(c1)CNCc1nnc(N3CC4(CN(c5ccccn5)C4)C3)n1-2. The van der Waals surface area contributed by atoms with Gasteiger partial charge in [-0.1, -0.05) is 17.7 Å². The molecule has 2 saturated heterocycles. The summed E-state index contributed by atoms with van der Waals surface area (Å²) < 4.78 is 2.19. The number of halogens is 1. The molecule has 28 heavy (non-hydrogen) atoms. The first-order valence-electron chi connectivity index (χ1n) is 9.56. The summed E-state index contributed by atoms with van der Waals surface area (Å²) in [6.45, 7) is 5.59. The van der Waals surface area contributed by atoms with E-state index < -0.39 is 0 Å². The van der Waals surface area contributed by atoms with E-state index in [-0.39, 0.29) is 0 Å². The van der Waals surface area contributed by atoms with E-state index >= 15 is 0 Å². The van der Waals surface area contributed by atoms with Gasteiger partial charge in [-0.25, -0.2) is 4.98 Å². The standard InChI is InChI=1S/C20H20ClN7/c21-15-4-5-16-14(7-15)8-22-9-18-24-25-19(28(16)18)27-12-20(13-27)10-26(11-20)17-3-1-2-6-23-17/h1-7,22H,8-13H2. The molecule has 0 bridgehead atoms. The monoisotopic (exact) mass is 393 g/mol. The third kappa shape index (κ3) is 2.43. The highest BCUT2D eigenvalue weighted by molar-refractivity contribution is 6.30. The molecular weight excluding hydrogens is 374 g/mol. The average Bonchev–Trinajstić information content (AvgIpc) is 2.95. The second kappa shape index (κ2) is 5.93. The number of pyridine rings is 1. The number of hydrogen-bond acceptors (Lipinski definition) is 6. The van der Waals surface area contributed by atoms with Crippen LogP contribution in [0.25, 0.3) is 5.69 Å². The number of aromatic nitrogens is 4. The molecule has 0 radical (unpaired) electrons. The van der Waals surface area contributed by atoms with Crippen molar-refractivity contribution in [1.29, 1.82) is 0 Å². The van der Waals surface area contributed by atoms with Crippen LogP contribution in [-0.4, -0.2) is 45.9 Å². The van der Waals surface area contributed by atoms with Crippen molar-refractivity contribution in [1.82, 2.24) is 25.1 Å². The molecule has 0 unspecified atom stereocenters. The van der Waals surface area contributed by atoms with Crippen molar-refractivity contribution in [3.8, 4) is 5.69 Å². The molecule has 3 aromatic rings. The molecule has 7 nitrogen and oxygen atoms in total. The first-order valence-corrected chi connectivity index (χ1v) is 9.93. The fraction of sp³-hybridized carbons (Fsp3) is 0.350. The van der Waals surface area contributed by atoms with Crippen molar-refractivity contribution < 1.29 is 0 Å². The maximum atomic E-state index is 6.21. The fourth-order valence-electron chi connectivity index (χ4n) is 4.67. The molecule has 3 aliphatic rings. The highest BCUT2D eigenvalue weighted by atomic mass is 35.5. The summed E-state index contributed by atoms with van der Waals surface area (Å²) in [5, 5.41) is 13.2. The van der Waals surface area contributed by atoms with Gasteiger partial charge in [0.1, 0.15) is 5.82 Å². The maximum absolute atomic E-state index is 6.21. The molecule has 0 amide bonds. The number of benzene rings is 1. The topological polar surface area (TPSA) is 62.1 Å². The minimum absolute atomic E-state index is 0.343. The third-order valence-electron chi connectivity index (χ3n) is 5.96. The molecule has 6 rings (SSSR count). The van der Waals surface area contributed by atoms with Crippen LogP contribution in [0.4, 0.5) is 11.8 Å². The van der Waals surface area contributed by atoms with Crippen LogP contribution in [0, 0.1) is 5.41 Å². The van der Waals surface area contributed by atoms with E-state index in [2.05, 4.69) is 47.0 Å². The summed E-state index contributed by atoms with van der Waals surface area (Å²) in [6.07, 6.45) is 1.86. The van der Waals surface area contributed by atoms with Gasteiger partial charge < -0.3 is 15.1 Å². The van der Waals surface area contributed by atoms with Crippen molar-refractivity contribution in [2.75, 3.05) is 36.0 Å². The predicted octanol–water partition coefficient (Wildman–Crippen LogP) is 2.25. The van der Waals surface area contributed by atoms with Crippen LogP contribution in [0.1, 0.15) is 11.4 Å². The van der Waals surface area contributed by atoms with Crippen LogP contribution in [0.5, 0.6) is 0 Å². The Kier molecular flexibility index (Phi) is 3.46. The molecule has 2 fully saturated rings. The molecule has 5 heterocycles. The van der Waals surface area contributed by atoms with Crippen molar-refractivity contribution in [2.45, 2.75) is 13.1 Å². The van der Waals surface area contributed by atoms with Gasteiger partial charge in [-0.2, -0.15) is 0 Å². The number of nitrogens with one attached hydrogen (secondary N) is 1. The summed E-state index contributed by atoms with van der Waals surface area (Å²) in [6, 6.07) is 12.1. The Balaban J connectivity index is 1.24. The Morgan fingerprint density at radius 2 is 1.82 bits per heavy atom. The molecular formula is C20H20ClN7. The fourth-order valence-corrected chi connectivity index (χ4v) is 4.86. The first-order chi connectivity index (χ1) is 13.7. The van der Waals surface area contributed by atoms with Crippen LogP contribution in [0.2, 0.25) is 5.02 Å². The lowest BCUT2D eigenvalue weighted by Crippen LogP contribution is -2.73. The van der Waals surface area contributed by atoms with Gasteiger partial charge in [0.15, 0.2) is 5.82 Å². The summed E-state index contributed by atoms with van der Waals surface area (Å²) >= 11 is 6.21. The van der Waals surface area contributed by atoms with E-state index in [4.69, 9.17) is 11.6 Å². The van der Waals surface area contributed by atoms with E-state index in [1.807, 2.05) is 30.5 Å². The molecule has 1 spiro atoms. The van der Waals surface area contributed by atoms with Crippen LogP contribution in [0.3, 0.4) is 0 Å². The number of rotatable bonds is 2. The Morgan fingerprint density at radius 3 is 2.64 bits per heavy atom. The van der Waals surface area contributed by atoms with E-state index in [0.717, 1.165) is 61.0 Å².